The molecule has 0 saturated carbocycles. The summed E-state index contributed by atoms with van der Waals surface area (Å²) >= 11 is 0. The van der Waals surface area contributed by atoms with E-state index in [0.717, 1.165) is 65.7 Å². The van der Waals surface area contributed by atoms with E-state index in [1.807, 2.05) is 81.4 Å². The van der Waals surface area contributed by atoms with Crippen molar-refractivity contribution in [3.05, 3.63) is 125 Å². The van der Waals surface area contributed by atoms with Crippen molar-refractivity contribution in [2.45, 2.75) is 20.8 Å². The minimum absolute atomic E-state index is 0.326. The first-order chi connectivity index (χ1) is 31.3. The quantitative estimate of drug-likeness (QED) is 0.167. The van der Waals surface area contributed by atoms with E-state index >= 15 is 0 Å². The molecule has 2 aromatic heterocycles. The van der Waals surface area contributed by atoms with Crippen LogP contribution in [0.15, 0.2) is 106 Å². The first kappa shape index (κ1) is 34.2. The minimum atomic E-state index is -0.384. The summed E-state index contributed by atoms with van der Waals surface area (Å²) in [6.45, 7) is 4.98. The first-order valence-corrected chi connectivity index (χ1v) is 21.1. The molecule has 296 valence electrons. The van der Waals surface area contributed by atoms with Gasteiger partial charge < -0.3 is 37.3 Å². The molecule has 0 N–H and O–H groups in total. The molecule has 10 nitrogen and oxygen atoms in total. The van der Waals surface area contributed by atoms with Crippen LogP contribution in [0.25, 0.3) is 21.9 Å². The molecular weight excluding hydrogens is 801 g/mol. The maximum Gasteiger partial charge on any atom is 0.305 e. The fraction of sp³-hybridized carbons (Fsp3) is 0.0588. The molecule has 0 atom stereocenters. The van der Waals surface area contributed by atoms with E-state index in [9.17, 15) is 10.5 Å². The highest BCUT2D eigenvalue weighted by atomic mass is 16.5. The van der Waals surface area contributed by atoms with Gasteiger partial charge in [-0.1, -0.05) is 12.1 Å². The third kappa shape index (κ3) is 4.30. The van der Waals surface area contributed by atoms with Crippen LogP contribution in [0.3, 0.4) is 0 Å². The van der Waals surface area contributed by atoms with Crippen molar-refractivity contribution in [3.8, 4) is 81.1 Å². The highest BCUT2D eigenvalue weighted by Gasteiger charge is 2.50. The van der Waals surface area contributed by atoms with Gasteiger partial charge in [-0.3, -0.25) is 0 Å². The summed E-state index contributed by atoms with van der Waals surface area (Å²) in [5.41, 5.74) is 12.9. The molecule has 0 saturated heterocycles. The third-order valence-electron chi connectivity index (χ3n) is 13.6. The first-order valence-electron chi connectivity index (χ1n) is 21.1. The normalized spacial score (nSPS) is 14.2. The molecule has 0 amide bonds. The number of aryl methyl sites for hydroxylation is 3. The average Bonchev–Trinajstić information content (AvgIpc) is 3.84. The number of nitriles is 2. The van der Waals surface area contributed by atoms with Gasteiger partial charge in [0, 0.05) is 28.5 Å². The molecule has 0 fully saturated rings. The van der Waals surface area contributed by atoms with Gasteiger partial charge in [0.2, 0.25) is 0 Å². The van der Waals surface area contributed by atoms with Crippen LogP contribution in [0.1, 0.15) is 27.8 Å². The van der Waals surface area contributed by atoms with E-state index in [-0.39, 0.29) is 20.1 Å². The fourth-order valence-electron chi connectivity index (χ4n) is 10.9. The molecule has 64 heavy (non-hydrogen) atoms. The fourth-order valence-corrected chi connectivity index (χ4v) is 10.9. The van der Waals surface area contributed by atoms with E-state index in [1.165, 1.54) is 0 Å². The summed E-state index contributed by atoms with van der Waals surface area (Å²) in [5.74, 6) is 7.99. The topological polar surface area (TPSA) is 129 Å². The average molecular weight is 826 g/mol. The number of furan rings is 2. The van der Waals surface area contributed by atoms with Gasteiger partial charge in [-0.25, -0.2) is 0 Å². The molecule has 8 heterocycles. The Bertz CT molecular complexity index is 3610. The summed E-state index contributed by atoms with van der Waals surface area (Å²) in [4.78, 5) is 0. The lowest BCUT2D eigenvalue weighted by atomic mass is 9.31. The van der Waals surface area contributed by atoms with Gasteiger partial charge in [0.05, 0.1) is 34.0 Å². The van der Waals surface area contributed by atoms with Crippen LogP contribution in [-0.4, -0.2) is 20.1 Å². The second kappa shape index (κ2) is 11.5. The zero-order valence-electron chi connectivity index (χ0n) is 34.1. The SMILES string of the molecule is Cc1cc2c3c(c1)Oc1cc4c(cc1B3c1cc3c(cc1O2)Oc1cc(C)cc2c1B3c1oc3ccc(C#N)cc3c1O2)B1c2oc3ccc(C#N)cc3c2Oc2cc(C)cc(c21)O4. The summed E-state index contributed by atoms with van der Waals surface area (Å²) in [5, 5.41) is 21.1. The Morgan fingerprint density at radius 1 is 0.375 bits per heavy atom. The largest absolute Gasteiger partial charge is 0.466 e. The number of fused-ring (bicyclic) bond motifs is 16. The standard InChI is InChI=1S/C51H25B3N2O8/c1-22-8-39-45-40(9-22)58-36-19-38-32(54-47-42(60-38)11-24(3)13-44(47)62-49-28-15-26(21-56)5-7-34(28)64-51(49)54)17-30(36)52(45)29-16-31-37(18-35(29)57-39)59-41-10-23(2)12-43-46(41)53(31)50-48(61-43)27-14-25(20-55)4-6-33(27)63-50/h4-19H,1-3H3. The zero-order chi connectivity index (χ0) is 42.4. The van der Waals surface area contributed by atoms with Gasteiger partial charge in [0.15, 0.2) is 11.5 Å². The Morgan fingerprint density at radius 3 is 1.09 bits per heavy atom. The highest BCUT2D eigenvalue weighted by Crippen LogP contribution is 2.44. The zero-order valence-corrected chi connectivity index (χ0v) is 34.1. The summed E-state index contributed by atoms with van der Waals surface area (Å²) in [6.07, 6.45) is 0. The Balaban J connectivity index is 0.964. The predicted octanol–water partition coefficient (Wildman–Crippen LogP) is 6.03. The smallest absolute Gasteiger partial charge is 0.305 e. The molecule has 15 rings (SSSR count). The lowest BCUT2D eigenvalue weighted by Crippen LogP contribution is -2.63. The summed E-state index contributed by atoms with van der Waals surface area (Å²) < 4.78 is 54.0. The van der Waals surface area contributed by atoms with E-state index in [2.05, 4.69) is 36.4 Å². The number of nitrogens with zero attached hydrogens (tertiary/aromatic N) is 2. The Morgan fingerprint density at radius 2 is 0.719 bits per heavy atom. The van der Waals surface area contributed by atoms with Crippen LogP contribution in [0, 0.1) is 43.4 Å². The number of hydrogen-bond acceptors (Lipinski definition) is 10. The van der Waals surface area contributed by atoms with Gasteiger partial charge in [0.25, 0.3) is 6.71 Å². The maximum absolute atomic E-state index is 9.81. The molecule has 6 aliphatic rings. The van der Waals surface area contributed by atoms with Crippen LogP contribution >= 0.6 is 0 Å². The van der Waals surface area contributed by atoms with Crippen molar-refractivity contribution in [2.24, 2.45) is 0 Å². The molecule has 0 unspecified atom stereocenters. The lowest BCUT2D eigenvalue weighted by molar-refractivity contribution is 0.446. The Labute approximate surface area is 364 Å². The van der Waals surface area contributed by atoms with Gasteiger partial charge in [0.1, 0.15) is 80.0 Å². The highest BCUT2D eigenvalue weighted by molar-refractivity contribution is 7.02. The minimum Gasteiger partial charge on any atom is -0.466 e. The van der Waals surface area contributed by atoms with Crippen molar-refractivity contribution in [1.82, 2.24) is 0 Å². The second-order valence-corrected chi connectivity index (χ2v) is 17.5. The van der Waals surface area contributed by atoms with Crippen LogP contribution in [0.5, 0.6) is 69.0 Å². The van der Waals surface area contributed by atoms with Crippen molar-refractivity contribution < 1.29 is 37.3 Å². The monoisotopic (exact) mass is 826 g/mol. The molecule has 9 aromatic rings. The molecular formula is C51H25B3N2O8. The van der Waals surface area contributed by atoms with Gasteiger partial charge in [-0.2, -0.15) is 10.5 Å². The summed E-state index contributed by atoms with van der Waals surface area (Å²) in [6, 6.07) is 36.0. The molecule has 6 aliphatic heterocycles. The molecule has 0 bridgehead atoms. The van der Waals surface area contributed by atoms with E-state index in [1.54, 1.807) is 12.1 Å². The predicted molar refractivity (Wildman–Crippen MR) is 243 cm³/mol. The maximum atomic E-state index is 9.81. The molecule has 13 heteroatoms. The molecule has 0 aliphatic carbocycles. The molecule has 7 aromatic carbocycles. The molecule has 0 spiro atoms. The number of ether oxygens (including phenoxy) is 6. The molecule has 0 radical (unpaired) electrons. The van der Waals surface area contributed by atoms with Gasteiger partial charge in [-0.15, -0.1) is 0 Å². The van der Waals surface area contributed by atoms with E-state index < -0.39 is 0 Å². The van der Waals surface area contributed by atoms with Crippen molar-refractivity contribution in [1.29, 1.82) is 10.5 Å². The van der Waals surface area contributed by atoms with Crippen LogP contribution in [-0.2, 0) is 0 Å². The van der Waals surface area contributed by atoms with Crippen LogP contribution < -0.4 is 78.0 Å². The van der Waals surface area contributed by atoms with Gasteiger partial charge >= 0.3 is 13.4 Å². The van der Waals surface area contributed by atoms with Crippen LogP contribution in [0.2, 0.25) is 0 Å². The Hall–Kier alpha value is -8.41. The second-order valence-electron chi connectivity index (χ2n) is 17.5. The van der Waals surface area contributed by atoms with Gasteiger partial charge in [-0.05, 0) is 132 Å². The lowest BCUT2D eigenvalue weighted by Gasteiger charge is -2.37. The van der Waals surface area contributed by atoms with E-state index in [0.29, 0.717) is 103 Å². The van der Waals surface area contributed by atoms with Crippen molar-refractivity contribution in [2.75, 3.05) is 0 Å². The number of rotatable bonds is 0. The van der Waals surface area contributed by atoms with Crippen molar-refractivity contribution in [3.63, 3.8) is 0 Å². The van der Waals surface area contributed by atoms with Crippen molar-refractivity contribution >= 4 is 91.6 Å². The number of hydrogen-bond donors (Lipinski definition) is 0. The van der Waals surface area contributed by atoms with E-state index in [4.69, 9.17) is 37.3 Å². The van der Waals surface area contributed by atoms with Crippen LogP contribution in [0.4, 0.5) is 0 Å². The summed E-state index contributed by atoms with van der Waals surface area (Å²) in [7, 11) is 0. The number of benzene rings is 7. The Kier molecular flexibility index (Phi) is 6.17. The third-order valence-corrected chi connectivity index (χ3v) is 13.6.